The SMILES string of the molecule is C=CC(=C)CC[C@@]1(C)[C@@H](C)CCC23[C@@H]4O[C@@H](C[C@@H]2[C@H](OC(C)=O)O4)C[C@@H]31. The normalized spacial score (nSPS) is 48.7. The Morgan fingerprint density at radius 3 is 2.81 bits per heavy atom. The molecule has 0 aromatic rings. The van der Waals surface area contributed by atoms with Gasteiger partial charge in [-0.05, 0) is 55.8 Å². The monoisotopic (exact) mass is 360 g/mol. The quantitative estimate of drug-likeness (QED) is 0.531. The highest BCUT2D eigenvalue weighted by Crippen LogP contribution is 2.71. The van der Waals surface area contributed by atoms with Crippen LogP contribution in [0.3, 0.4) is 0 Å². The van der Waals surface area contributed by atoms with Gasteiger partial charge < -0.3 is 14.2 Å². The van der Waals surface area contributed by atoms with E-state index >= 15 is 0 Å². The Kier molecular flexibility index (Phi) is 4.35. The molecule has 5 rings (SSSR count). The number of allylic oxidation sites excluding steroid dienone is 2. The van der Waals surface area contributed by atoms with Crippen LogP contribution >= 0.6 is 0 Å². The van der Waals surface area contributed by atoms with E-state index in [1.807, 2.05) is 6.08 Å². The van der Waals surface area contributed by atoms with E-state index in [0.717, 1.165) is 37.7 Å². The van der Waals surface area contributed by atoms with E-state index in [-0.39, 0.29) is 35.1 Å². The van der Waals surface area contributed by atoms with Crippen LogP contribution in [-0.2, 0) is 19.0 Å². The van der Waals surface area contributed by atoms with Gasteiger partial charge in [0, 0.05) is 18.3 Å². The molecule has 3 aliphatic heterocycles. The number of rotatable bonds is 5. The van der Waals surface area contributed by atoms with Gasteiger partial charge in [0.1, 0.15) is 0 Å². The van der Waals surface area contributed by atoms with E-state index in [0.29, 0.717) is 11.8 Å². The summed E-state index contributed by atoms with van der Waals surface area (Å²) in [5.74, 6) is 1.20. The van der Waals surface area contributed by atoms with E-state index < -0.39 is 6.29 Å². The summed E-state index contributed by atoms with van der Waals surface area (Å²) in [6, 6.07) is 0. The maximum Gasteiger partial charge on any atom is 0.304 e. The summed E-state index contributed by atoms with van der Waals surface area (Å²) in [5.41, 5.74) is 1.33. The van der Waals surface area contributed by atoms with Gasteiger partial charge in [-0.25, -0.2) is 0 Å². The van der Waals surface area contributed by atoms with Crippen molar-refractivity contribution in [3.05, 3.63) is 24.8 Å². The minimum Gasteiger partial charge on any atom is -0.436 e. The fourth-order valence-corrected chi connectivity index (χ4v) is 6.56. The molecule has 4 bridgehead atoms. The van der Waals surface area contributed by atoms with Gasteiger partial charge in [-0.1, -0.05) is 38.7 Å². The molecule has 0 aromatic carbocycles. The Morgan fingerprint density at radius 2 is 2.12 bits per heavy atom. The van der Waals surface area contributed by atoms with Crippen LogP contribution in [0.15, 0.2) is 24.8 Å². The minimum absolute atomic E-state index is 0.00829. The first-order valence-electron chi connectivity index (χ1n) is 10.1. The first-order chi connectivity index (χ1) is 12.3. The maximum atomic E-state index is 11.6. The molecule has 2 saturated carbocycles. The van der Waals surface area contributed by atoms with Gasteiger partial charge in [0.25, 0.3) is 0 Å². The predicted molar refractivity (Wildman–Crippen MR) is 99.0 cm³/mol. The molecular formula is C22H32O4. The van der Waals surface area contributed by atoms with Crippen molar-refractivity contribution < 1.29 is 19.0 Å². The van der Waals surface area contributed by atoms with Crippen molar-refractivity contribution in [2.24, 2.45) is 28.6 Å². The lowest BCUT2D eigenvalue weighted by Crippen LogP contribution is -2.64. The number of hydrogen-bond acceptors (Lipinski definition) is 4. The number of hydrogen-bond donors (Lipinski definition) is 0. The second-order valence-electron chi connectivity index (χ2n) is 9.25. The van der Waals surface area contributed by atoms with Gasteiger partial charge in [-0.15, -0.1) is 0 Å². The minimum atomic E-state index is -0.439. The summed E-state index contributed by atoms with van der Waals surface area (Å²) in [5, 5.41) is 0. The second kappa shape index (κ2) is 6.20. The molecule has 0 amide bonds. The number of ether oxygens (including phenoxy) is 3. The van der Waals surface area contributed by atoms with Gasteiger partial charge in [-0.2, -0.15) is 0 Å². The lowest BCUT2D eigenvalue weighted by Gasteiger charge is -2.64. The van der Waals surface area contributed by atoms with Gasteiger partial charge >= 0.3 is 5.97 Å². The zero-order chi connectivity index (χ0) is 18.7. The molecule has 4 heteroatoms. The second-order valence-corrected chi connectivity index (χ2v) is 9.25. The Labute approximate surface area is 157 Å². The fraction of sp³-hybridized carbons (Fsp3) is 0.773. The van der Waals surface area contributed by atoms with Crippen LogP contribution in [0.4, 0.5) is 0 Å². The fourth-order valence-electron chi connectivity index (χ4n) is 6.56. The predicted octanol–water partition coefficient (Wildman–Crippen LogP) is 4.60. The van der Waals surface area contributed by atoms with Gasteiger partial charge in [-0.3, -0.25) is 4.79 Å². The molecule has 0 aromatic heterocycles. The van der Waals surface area contributed by atoms with E-state index in [9.17, 15) is 4.79 Å². The van der Waals surface area contributed by atoms with Crippen molar-refractivity contribution in [2.75, 3.05) is 0 Å². The summed E-state index contributed by atoms with van der Waals surface area (Å²) in [7, 11) is 0. The van der Waals surface area contributed by atoms with Crippen molar-refractivity contribution in [3.63, 3.8) is 0 Å². The molecular weight excluding hydrogens is 328 g/mol. The Hall–Kier alpha value is -1.13. The van der Waals surface area contributed by atoms with Gasteiger partial charge in [0.15, 0.2) is 6.29 Å². The van der Waals surface area contributed by atoms with Crippen LogP contribution < -0.4 is 0 Å². The van der Waals surface area contributed by atoms with Crippen molar-refractivity contribution in [1.29, 1.82) is 0 Å². The van der Waals surface area contributed by atoms with Gasteiger partial charge in [0.05, 0.1) is 6.10 Å². The third-order valence-electron chi connectivity index (χ3n) is 8.18. The van der Waals surface area contributed by atoms with Crippen LogP contribution in [0.1, 0.15) is 59.3 Å². The summed E-state index contributed by atoms with van der Waals surface area (Å²) in [6.45, 7) is 14.3. The van der Waals surface area contributed by atoms with E-state index in [2.05, 4.69) is 27.0 Å². The standard InChI is InChI=1S/C22H32O4/c1-6-13(2)7-9-21(5)14(3)8-10-22-17-11-16(12-18(21)22)25-20(22)26-19(17)24-15(4)23/h6,14,16-20H,1-2,7-12H2,3-5H3/t14-,16-,17+,18+,19+,20+,21-,22?/m0/s1. The van der Waals surface area contributed by atoms with Crippen molar-refractivity contribution >= 4 is 5.97 Å². The van der Waals surface area contributed by atoms with Crippen LogP contribution in [0.25, 0.3) is 0 Å². The molecule has 144 valence electrons. The molecule has 4 nitrogen and oxygen atoms in total. The van der Waals surface area contributed by atoms with Crippen molar-refractivity contribution in [3.8, 4) is 0 Å². The number of esters is 1. The molecule has 26 heavy (non-hydrogen) atoms. The molecule has 3 heterocycles. The molecule has 0 radical (unpaired) electrons. The molecule has 0 N–H and O–H groups in total. The van der Waals surface area contributed by atoms with E-state index in [1.165, 1.54) is 13.3 Å². The molecule has 3 saturated heterocycles. The summed E-state index contributed by atoms with van der Waals surface area (Å²) in [6.07, 6.45) is 7.90. The highest BCUT2D eigenvalue weighted by molar-refractivity contribution is 5.66. The average molecular weight is 360 g/mol. The highest BCUT2D eigenvalue weighted by Gasteiger charge is 2.72. The topological polar surface area (TPSA) is 44.8 Å². The molecule has 5 fully saturated rings. The summed E-state index contributed by atoms with van der Waals surface area (Å²) < 4.78 is 18.0. The number of carbonyl (C=O) groups excluding carboxylic acids is 1. The third kappa shape index (κ3) is 2.45. The first kappa shape index (κ1) is 18.2. The first-order valence-corrected chi connectivity index (χ1v) is 10.1. The van der Waals surface area contributed by atoms with E-state index in [4.69, 9.17) is 14.2 Å². The van der Waals surface area contributed by atoms with Crippen LogP contribution in [0, 0.1) is 28.6 Å². The molecule has 2 aliphatic carbocycles. The lowest BCUT2D eigenvalue weighted by molar-refractivity contribution is -0.304. The zero-order valence-electron chi connectivity index (χ0n) is 16.3. The lowest BCUT2D eigenvalue weighted by atomic mass is 9.43. The molecule has 1 unspecified atom stereocenters. The third-order valence-corrected chi connectivity index (χ3v) is 8.18. The highest BCUT2D eigenvalue weighted by atomic mass is 16.8. The van der Waals surface area contributed by atoms with Gasteiger partial charge in [0.2, 0.25) is 6.29 Å². The van der Waals surface area contributed by atoms with Crippen LogP contribution in [0.2, 0.25) is 0 Å². The average Bonchev–Trinajstić information content (AvgIpc) is 2.79. The largest absolute Gasteiger partial charge is 0.436 e. The molecule has 8 atom stereocenters. The van der Waals surface area contributed by atoms with E-state index in [1.54, 1.807) is 0 Å². The van der Waals surface area contributed by atoms with Crippen molar-refractivity contribution in [1.82, 2.24) is 0 Å². The molecule has 1 spiro atoms. The van der Waals surface area contributed by atoms with Crippen LogP contribution in [0.5, 0.6) is 0 Å². The Balaban J connectivity index is 1.66. The summed E-state index contributed by atoms with van der Waals surface area (Å²) in [4.78, 5) is 11.6. The smallest absolute Gasteiger partial charge is 0.304 e. The Bertz CT molecular complexity index is 628. The number of carbonyl (C=O) groups is 1. The van der Waals surface area contributed by atoms with Crippen molar-refractivity contribution in [2.45, 2.75) is 78.0 Å². The Morgan fingerprint density at radius 1 is 1.35 bits per heavy atom. The maximum absolute atomic E-state index is 11.6. The molecule has 5 aliphatic rings. The van der Waals surface area contributed by atoms with Crippen LogP contribution in [-0.4, -0.2) is 24.7 Å². The summed E-state index contributed by atoms with van der Waals surface area (Å²) >= 11 is 0. The zero-order valence-corrected chi connectivity index (χ0v) is 16.3.